The fraction of sp³-hybridized carbons (Fsp3) is 0.606. The normalized spacial score (nSPS) is 15.7. The Kier molecular flexibility index (Phi) is 9.80. The summed E-state index contributed by atoms with van der Waals surface area (Å²) in [7, 11) is 0. The van der Waals surface area contributed by atoms with Crippen LogP contribution in [0, 0.1) is 11.8 Å². The fourth-order valence-electron chi connectivity index (χ4n) is 5.70. The smallest absolute Gasteiger partial charge is 0.274 e. The molecular formula is C33H47N5O3. The molecule has 2 aliphatic rings. The molecule has 1 aromatic carbocycles. The zero-order chi connectivity index (χ0) is 28.8. The summed E-state index contributed by atoms with van der Waals surface area (Å²) in [6.45, 7) is 14.8. The van der Waals surface area contributed by atoms with Crippen LogP contribution in [0.2, 0.25) is 0 Å². The fourth-order valence-corrected chi connectivity index (χ4v) is 5.70. The van der Waals surface area contributed by atoms with Gasteiger partial charge in [-0.15, -0.1) is 0 Å². The van der Waals surface area contributed by atoms with E-state index < -0.39 is 0 Å². The molecule has 3 aromatic rings. The molecule has 0 bridgehead atoms. The Morgan fingerprint density at radius 3 is 2.34 bits per heavy atom. The van der Waals surface area contributed by atoms with Gasteiger partial charge in [0.1, 0.15) is 18.9 Å². The van der Waals surface area contributed by atoms with E-state index in [0.717, 1.165) is 79.4 Å². The molecule has 2 aliphatic heterocycles. The quantitative estimate of drug-likeness (QED) is 0.265. The molecule has 1 amide bonds. The first-order valence-corrected chi connectivity index (χ1v) is 15.7. The van der Waals surface area contributed by atoms with Crippen molar-refractivity contribution in [1.82, 2.24) is 24.4 Å². The summed E-state index contributed by atoms with van der Waals surface area (Å²) in [4.78, 5) is 23.4. The lowest BCUT2D eigenvalue weighted by Crippen LogP contribution is -2.35. The number of hydrogen-bond acceptors (Lipinski definition) is 6. The second kappa shape index (κ2) is 13.7. The third-order valence-electron chi connectivity index (χ3n) is 8.18. The van der Waals surface area contributed by atoms with Crippen LogP contribution in [-0.2, 0) is 6.42 Å². The van der Waals surface area contributed by atoms with Gasteiger partial charge in [-0.2, -0.15) is 5.10 Å². The number of carbonyl (C=O) groups is 1. The standard InChI is InChI=1S/C33H47N5O3/c1-24(2)14-19-37(20-15-25(3)4)33(39)27-11-13-31-34-32(26-10-12-29-30(23-26)41-22-21-40-29)28(38(31)35-27)9-8-18-36-16-6-5-7-17-36/h10-13,23-25H,5-9,14-22H2,1-4H3. The molecule has 0 aliphatic carbocycles. The molecule has 0 spiro atoms. The molecular weight excluding hydrogens is 514 g/mol. The van der Waals surface area contributed by atoms with Crippen LogP contribution in [0.4, 0.5) is 0 Å². The predicted molar refractivity (Wildman–Crippen MR) is 163 cm³/mol. The van der Waals surface area contributed by atoms with Crippen molar-refractivity contribution < 1.29 is 14.3 Å². The summed E-state index contributed by atoms with van der Waals surface area (Å²) in [6, 6.07) is 9.83. The minimum Gasteiger partial charge on any atom is -0.486 e. The van der Waals surface area contributed by atoms with Crippen LogP contribution in [0.25, 0.3) is 16.9 Å². The zero-order valence-corrected chi connectivity index (χ0v) is 25.4. The van der Waals surface area contributed by atoms with E-state index in [1.165, 1.54) is 32.4 Å². The number of aryl methyl sites for hydroxylation is 1. The van der Waals surface area contributed by atoms with Crippen molar-refractivity contribution in [2.45, 2.75) is 72.6 Å². The minimum atomic E-state index is 0.00189. The maximum absolute atomic E-state index is 13.8. The number of amides is 1. The van der Waals surface area contributed by atoms with E-state index >= 15 is 0 Å². The summed E-state index contributed by atoms with van der Waals surface area (Å²) < 4.78 is 13.6. The van der Waals surface area contributed by atoms with E-state index in [4.69, 9.17) is 19.6 Å². The van der Waals surface area contributed by atoms with Gasteiger partial charge in [-0.1, -0.05) is 34.1 Å². The second-order valence-corrected chi connectivity index (χ2v) is 12.4. The van der Waals surface area contributed by atoms with E-state index in [1.807, 2.05) is 33.7 Å². The van der Waals surface area contributed by atoms with Crippen LogP contribution in [0.1, 0.15) is 82.4 Å². The topological polar surface area (TPSA) is 72.2 Å². The lowest BCUT2D eigenvalue weighted by Gasteiger charge is -2.26. The molecule has 2 aromatic heterocycles. The molecule has 8 heteroatoms. The Labute approximate surface area is 245 Å². The molecule has 5 rings (SSSR count). The molecule has 222 valence electrons. The van der Waals surface area contributed by atoms with Crippen LogP contribution in [0.3, 0.4) is 0 Å². The van der Waals surface area contributed by atoms with Crippen molar-refractivity contribution in [1.29, 1.82) is 0 Å². The van der Waals surface area contributed by atoms with Gasteiger partial charge in [0.05, 0.1) is 11.4 Å². The molecule has 0 N–H and O–H groups in total. The third-order valence-corrected chi connectivity index (χ3v) is 8.18. The molecule has 1 fully saturated rings. The highest BCUT2D eigenvalue weighted by Crippen LogP contribution is 2.36. The van der Waals surface area contributed by atoms with Crippen LogP contribution in [-0.4, -0.2) is 76.2 Å². The number of rotatable bonds is 12. The molecule has 0 unspecified atom stereocenters. The zero-order valence-electron chi connectivity index (χ0n) is 25.4. The van der Waals surface area contributed by atoms with Gasteiger partial charge in [0, 0.05) is 18.7 Å². The summed E-state index contributed by atoms with van der Waals surface area (Å²) >= 11 is 0. The van der Waals surface area contributed by atoms with Crippen molar-refractivity contribution in [2.24, 2.45) is 11.8 Å². The van der Waals surface area contributed by atoms with E-state index in [2.05, 4.69) is 38.7 Å². The van der Waals surface area contributed by atoms with Gasteiger partial charge in [0.2, 0.25) is 0 Å². The van der Waals surface area contributed by atoms with E-state index in [0.29, 0.717) is 30.7 Å². The number of benzene rings is 1. The van der Waals surface area contributed by atoms with Crippen molar-refractivity contribution in [3.05, 3.63) is 41.7 Å². The molecule has 1 saturated heterocycles. The average molecular weight is 562 g/mol. The van der Waals surface area contributed by atoms with Crippen LogP contribution >= 0.6 is 0 Å². The van der Waals surface area contributed by atoms with E-state index in [9.17, 15) is 4.79 Å². The van der Waals surface area contributed by atoms with Crippen LogP contribution in [0.5, 0.6) is 11.5 Å². The molecule has 8 nitrogen and oxygen atoms in total. The number of nitrogens with zero attached hydrogens (tertiary/aromatic N) is 5. The number of fused-ring (bicyclic) bond motifs is 2. The van der Waals surface area contributed by atoms with Crippen molar-refractivity contribution in [3.63, 3.8) is 0 Å². The highest BCUT2D eigenvalue weighted by molar-refractivity contribution is 5.92. The molecule has 4 heterocycles. The molecule has 0 radical (unpaired) electrons. The van der Waals surface area contributed by atoms with Gasteiger partial charge in [-0.05, 0) is 100 Å². The van der Waals surface area contributed by atoms with Crippen molar-refractivity contribution >= 4 is 11.6 Å². The summed E-state index contributed by atoms with van der Waals surface area (Å²) in [6.07, 6.45) is 7.71. The average Bonchev–Trinajstić information content (AvgIpc) is 3.34. The third kappa shape index (κ3) is 7.39. The molecule has 0 atom stereocenters. The number of aromatic nitrogens is 3. The summed E-state index contributed by atoms with van der Waals surface area (Å²) in [5.41, 5.74) is 4.16. The lowest BCUT2D eigenvalue weighted by atomic mass is 10.1. The predicted octanol–water partition coefficient (Wildman–Crippen LogP) is 6.12. The maximum Gasteiger partial charge on any atom is 0.274 e. The Bertz CT molecular complexity index is 1300. The first-order valence-electron chi connectivity index (χ1n) is 15.7. The molecule has 0 saturated carbocycles. The first kappa shape index (κ1) is 29.4. The highest BCUT2D eigenvalue weighted by Gasteiger charge is 2.23. The van der Waals surface area contributed by atoms with Gasteiger partial charge < -0.3 is 19.3 Å². The second-order valence-electron chi connectivity index (χ2n) is 12.4. The van der Waals surface area contributed by atoms with Gasteiger partial charge in [-0.25, -0.2) is 9.50 Å². The van der Waals surface area contributed by atoms with E-state index in [1.54, 1.807) is 0 Å². The molecule has 41 heavy (non-hydrogen) atoms. The lowest BCUT2D eigenvalue weighted by molar-refractivity contribution is 0.0733. The van der Waals surface area contributed by atoms with Crippen LogP contribution < -0.4 is 9.47 Å². The number of ether oxygens (including phenoxy) is 2. The summed E-state index contributed by atoms with van der Waals surface area (Å²) in [5.74, 6) is 2.59. The van der Waals surface area contributed by atoms with Gasteiger partial charge >= 0.3 is 0 Å². The van der Waals surface area contributed by atoms with Crippen LogP contribution in [0.15, 0.2) is 30.3 Å². The SMILES string of the molecule is CC(C)CCN(CCC(C)C)C(=O)c1ccc2nc(-c3ccc4c(c3)OCCO4)c(CCCN3CCCCC3)n2n1. The van der Waals surface area contributed by atoms with Gasteiger partial charge in [0.15, 0.2) is 17.1 Å². The van der Waals surface area contributed by atoms with Gasteiger partial charge in [0.25, 0.3) is 5.91 Å². The van der Waals surface area contributed by atoms with Crippen molar-refractivity contribution in [3.8, 4) is 22.8 Å². The summed E-state index contributed by atoms with van der Waals surface area (Å²) in [5, 5.41) is 4.94. The number of piperidine rings is 1. The van der Waals surface area contributed by atoms with Gasteiger partial charge in [-0.3, -0.25) is 4.79 Å². The number of carbonyl (C=O) groups excluding carboxylic acids is 1. The Morgan fingerprint density at radius 2 is 1.63 bits per heavy atom. The first-order chi connectivity index (χ1) is 19.9. The maximum atomic E-state index is 13.8. The Balaban J connectivity index is 1.46. The Hall–Kier alpha value is -3.13. The number of imidazole rings is 1. The number of likely N-dealkylation sites (tertiary alicyclic amines) is 1. The minimum absolute atomic E-state index is 0.00189. The largest absolute Gasteiger partial charge is 0.486 e. The number of hydrogen-bond donors (Lipinski definition) is 0. The van der Waals surface area contributed by atoms with Crippen molar-refractivity contribution in [2.75, 3.05) is 45.9 Å². The Morgan fingerprint density at radius 1 is 0.927 bits per heavy atom. The highest BCUT2D eigenvalue weighted by atomic mass is 16.6. The monoisotopic (exact) mass is 561 g/mol. The van der Waals surface area contributed by atoms with E-state index in [-0.39, 0.29) is 5.91 Å².